The molecule has 1 aliphatic rings. The van der Waals surface area contributed by atoms with E-state index in [9.17, 15) is 4.79 Å². The molecule has 2 heterocycles. The molecule has 1 aliphatic carbocycles. The number of aromatic amines is 1. The number of nitrogens with one attached hydrogen (secondary N) is 2. The Balaban J connectivity index is 1.43. The van der Waals surface area contributed by atoms with Crippen LogP contribution in [-0.2, 0) is 17.8 Å². The molecule has 7 nitrogen and oxygen atoms in total. The van der Waals surface area contributed by atoms with Crippen molar-refractivity contribution in [3.8, 4) is 0 Å². The first-order valence-corrected chi connectivity index (χ1v) is 8.54. The van der Waals surface area contributed by atoms with Gasteiger partial charge in [0.05, 0.1) is 18.7 Å². The van der Waals surface area contributed by atoms with Gasteiger partial charge in [0, 0.05) is 16.3 Å². The highest BCUT2D eigenvalue weighted by Crippen LogP contribution is 2.30. The molecule has 25 heavy (non-hydrogen) atoms. The number of H-pyrrole nitrogens is 1. The van der Waals surface area contributed by atoms with E-state index in [0.29, 0.717) is 17.5 Å². The van der Waals surface area contributed by atoms with Gasteiger partial charge >= 0.3 is 0 Å². The highest BCUT2D eigenvalue weighted by molar-refractivity contribution is 6.30. The molecule has 2 aromatic heterocycles. The second-order valence-corrected chi connectivity index (χ2v) is 6.57. The highest BCUT2D eigenvalue weighted by atomic mass is 35.5. The van der Waals surface area contributed by atoms with E-state index in [4.69, 9.17) is 11.6 Å². The summed E-state index contributed by atoms with van der Waals surface area (Å²) in [5, 5.41) is 14.8. The number of hydrogen-bond acceptors (Lipinski definition) is 4. The molecule has 0 bridgehead atoms. The fourth-order valence-electron chi connectivity index (χ4n) is 3.14. The smallest absolute Gasteiger partial charge is 0.248 e. The molecule has 1 amide bonds. The van der Waals surface area contributed by atoms with Crippen molar-refractivity contribution in [1.29, 1.82) is 0 Å². The summed E-state index contributed by atoms with van der Waals surface area (Å²) in [4.78, 5) is 16.8. The van der Waals surface area contributed by atoms with Gasteiger partial charge in [0.15, 0.2) is 0 Å². The summed E-state index contributed by atoms with van der Waals surface area (Å²) in [6, 6.07) is 7.54. The summed E-state index contributed by atoms with van der Waals surface area (Å²) >= 11 is 5.89. The van der Waals surface area contributed by atoms with Crippen molar-refractivity contribution < 1.29 is 4.79 Å². The van der Waals surface area contributed by atoms with Gasteiger partial charge in [-0.25, -0.2) is 9.67 Å². The third-order valence-corrected chi connectivity index (χ3v) is 4.64. The fourth-order valence-corrected chi connectivity index (χ4v) is 3.26. The average Bonchev–Trinajstić information content (AvgIpc) is 3.25. The molecule has 4 rings (SSSR count). The normalized spacial score (nSPS) is 16.4. The quantitative estimate of drug-likeness (QED) is 0.752. The second-order valence-electron chi connectivity index (χ2n) is 6.13. The largest absolute Gasteiger partial charge is 0.293 e. The Hall–Kier alpha value is -2.67. The van der Waals surface area contributed by atoms with Gasteiger partial charge in [0.1, 0.15) is 6.33 Å². The summed E-state index contributed by atoms with van der Waals surface area (Å²) in [5.41, 5.74) is 3.08. The maximum absolute atomic E-state index is 12.6. The fraction of sp³-hybridized carbons (Fsp3) is 0.294. The summed E-state index contributed by atoms with van der Waals surface area (Å²) in [5.74, 6) is 0.0203. The minimum atomic E-state index is -0.203. The number of carbonyl (C=O) groups excluding carboxylic acids is 1. The number of amides is 1. The van der Waals surface area contributed by atoms with Crippen LogP contribution in [-0.4, -0.2) is 30.9 Å². The van der Waals surface area contributed by atoms with Crippen molar-refractivity contribution in [2.45, 2.75) is 31.7 Å². The van der Waals surface area contributed by atoms with E-state index < -0.39 is 0 Å². The van der Waals surface area contributed by atoms with E-state index in [1.165, 1.54) is 0 Å². The van der Waals surface area contributed by atoms with E-state index in [0.717, 1.165) is 36.1 Å². The van der Waals surface area contributed by atoms with Crippen molar-refractivity contribution in [2.24, 2.45) is 0 Å². The van der Waals surface area contributed by atoms with E-state index in [2.05, 4.69) is 25.6 Å². The number of nitrogens with zero attached hydrogens (tertiary/aromatic N) is 4. The zero-order valence-corrected chi connectivity index (χ0v) is 14.2. The number of aryl methyl sites for hydroxylation is 1. The number of aromatic nitrogens is 5. The number of hydrogen-bond donors (Lipinski definition) is 2. The molecule has 0 spiro atoms. The zero-order chi connectivity index (χ0) is 17.2. The monoisotopic (exact) mass is 356 g/mol. The molecule has 0 fully saturated rings. The number of rotatable bonds is 4. The first kappa shape index (κ1) is 15.8. The molecule has 128 valence electrons. The van der Waals surface area contributed by atoms with Crippen LogP contribution in [0.5, 0.6) is 0 Å². The standard InChI is InChI=1S/C17H17ClN6O/c18-12-6-4-11(5-7-12)9-24-10-19-17(23-24)21-16(25)13-2-1-3-15-14(13)8-20-22-15/h4-8,10,13H,1-3,9H2,(H,20,22)(H,21,23,25). The van der Waals surface area contributed by atoms with Gasteiger partial charge in [0.25, 0.3) is 0 Å². The van der Waals surface area contributed by atoms with Crippen molar-refractivity contribution in [3.05, 3.63) is 58.6 Å². The van der Waals surface area contributed by atoms with E-state index in [1.807, 2.05) is 24.3 Å². The average molecular weight is 357 g/mol. The number of carbonyl (C=O) groups is 1. The minimum Gasteiger partial charge on any atom is -0.293 e. The number of benzene rings is 1. The lowest BCUT2D eigenvalue weighted by atomic mass is 9.86. The van der Waals surface area contributed by atoms with E-state index in [-0.39, 0.29) is 11.8 Å². The molecule has 0 aliphatic heterocycles. The Morgan fingerprint density at radius 3 is 3.04 bits per heavy atom. The van der Waals surface area contributed by atoms with Crippen LogP contribution >= 0.6 is 11.6 Å². The molecule has 0 radical (unpaired) electrons. The van der Waals surface area contributed by atoms with Crippen LogP contribution in [0.25, 0.3) is 0 Å². The summed E-state index contributed by atoms with van der Waals surface area (Å²) in [6.07, 6.45) is 6.06. The summed E-state index contributed by atoms with van der Waals surface area (Å²) in [6.45, 7) is 0.565. The van der Waals surface area contributed by atoms with Crippen LogP contribution < -0.4 is 5.32 Å². The summed E-state index contributed by atoms with van der Waals surface area (Å²) < 4.78 is 1.68. The Morgan fingerprint density at radius 2 is 2.20 bits per heavy atom. The van der Waals surface area contributed by atoms with Gasteiger partial charge < -0.3 is 0 Å². The Bertz CT molecular complexity index is 885. The predicted octanol–water partition coefficient (Wildman–Crippen LogP) is 2.76. The Morgan fingerprint density at radius 1 is 1.36 bits per heavy atom. The molecule has 3 aromatic rings. The molecule has 0 saturated carbocycles. The molecule has 2 N–H and O–H groups in total. The molecular formula is C17H17ClN6O. The maximum atomic E-state index is 12.6. The molecule has 8 heteroatoms. The first-order chi connectivity index (χ1) is 12.2. The van der Waals surface area contributed by atoms with E-state index in [1.54, 1.807) is 17.2 Å². The number of halogens is 1. The Kier molecular flexibility index (Phi) is 4.23. The van der Waals surface area contributed by atoms with Gasteiger partial charge in [-0.05, 0) is 37.0 Å². The third-order valence-electron chi connectivity index (χ3n) is 4.39. The topological polar surface area (TPSA) is 88.5 Å². The van der Waals surface area contributed by atoms with Crippen LogP contribution in [0.3, 0.4) is 0 Å². The molecular weight excluding hydrogens is 340 g/mol. The lowest BCUT2D eigenvalue weighted by Crippen LogP contribution is -2.24. The van der Waals surface area contributed by atoms with Crippen molar-refractivity contribution >= 4 is 23.5 Å². The molecule has 1 atom stereocenters. The van der Waals surface area contributed by atoms with Gasteiger partial charge in [-0.3, -0.25) is 15.2 Å². The van der Waals surface area contributed by atoms with Crippen LogP contribution in [0.2, 0.25) is 5.02 Å². The van der Waals surface area contributed by atoms with Crippen LogP contribution in [0.15, 0.2) is 36.8 Å². The van der Waals surface area contributed by atoms with Gasteiger partial charge in [-0.1, -0.05) is 23.7 Å². The third kappa shape index (κ3) is 3.41. The number of anilines is 1. The summed E-state index contributed by atoms with van der Waals surface area (Å²) in [7, 11) is 0. The van der Waals surface area contributed by atoms with Crippen LogP contribution in [0, 0.1) is 0 Å². The lowest BCUT2D eigenvalue weighted by Gasteiger charge is -2.20. The SMILES string of the molecule is O=C(Nc1ncn(Cc2ccc(Cl)cc2)n1)C1CCCc2[nH]ncc21. The predicted molar refractivity (Wildman–Crippen MR) is 93.5 cm³/mol. The first-order valence-electron chi connectivity index (χ1n) is 8.16. The lowest BCUT2D eigenvalue weighted by molar-refractivity contribution is -0.117. The van der Waals surface area contributed by atoms with Gasteiger partial charge in [0.2, 0.25) is 11.9 Å². The molecule has 1 aromatic carbocycles. The van der Waals surface area contributed by atoms with Crippen molar-refractivity contribution in [2.75, 3.05) is 5.32 Å². The van der Waals surface area contributed by atoms with Gasteiger partial charge in [-0.2, -0.15) is 5.10 Å². The maximum Gasteiger partial charge on any atom is 0.248 e. The van der Waals surface area contributed by atoms with Crippen molar-refractivity contribution in [3.63, 3.8) is 0 Å². The highest BCUT2D eigenvalue weighted by Gasteiger charge is 2.28. The van der Waals surface area contributed by atoms with E-state index >= 15 is 0 Å². The van der Waals surface area contributed by atoms with Crippen LogP contribution in [0.4, 0.5) is 5.95 Å². The number of fused-ring (bicyclic) bond motifs is 1. The van der Waals surface area contributed by atoms with Crippen molar-refractivity contribution in [1.82, 2.24) is 25.0 Å². The second kappa shape index (κ2) is 6.68. The van der Waals surface area contributed by atoms with Gasteiger partial charge in [-0.15, -0.1) is 5.10 Å². The Labute approximate surface area is 149 Å². The zero-order valence-electron chi connectivity index (χ0n) is 13.4. The molecule has 0 saturated heterocycles. The van der Waals surface area contributed by atoms with Crippen LogP contribution in [0.1, 0.15) is 35.6 Å². The minimum absolute atomic E-state index is 0.0911. The molecule has 1 unspecified atom stereocenters.